The molecule has 0 bridgehead atoms. The molecule has 18 heavy (non-hydrogen) atoms. The van der Waals surface area contributed by atoms with Crippen molar-refractivity contribution < 1.29 is 17.5 Å². The fraction of sp³-hybridized carbons (Fsp3) is 0.500. The smallest absolute Gasteiger partial charge is 0.183 e. The van der Waals surface area contributed by atoms with Gasteiger partial charge in [0.1, 0.15) is 10.7 Å². The van der Waals surface area contributed by atoms with E-state index in [4.69, 9.17) is 10.5 Å². The first kappa shape index (κ1) is 13.3. The predicted molar refractivity (Wildman–Crippen MR) is 66.4 cm³/mol. The Morgan fingerprint density at radius 2 is 2.17 bits per heavy atom. The molecule has 0 amide bonds. The quantitative estimate of drug-likeness (QED) is 0.852. The molecule has 1 aliphatic heterocycles. The number of anilines is 1. The number of nitrogens with two attached hydrogens (primary N) is 1. The summed E-state index contributed by atoms with van der Waals surface area (Å²) in [6.07, 6.45) is 1.25. The van der Waals surface area contributed by atoms with Crippen molar-refractivity contribution in [2.75, 3.05) is 11.5 Å². The summed E-state index contributed by atoms with van der Waals surface area (Å²) in [6.45, 7) is 1.90. The van der Waals surface area contributed by atoms with Crippen LogP contribution in [0.1, 0.15) is 19.8 Å². The van der Waals surface area contributed by atoms with E-state index in [0.29, 0.717) is 6.42 Å². The maximum atomic E-state index is 13.6. The lowest BCUT2D eigenvalue weighted by Crippen LogP contribution is -2.22. The van der Waals surface area contributed by atoms with E-state index in [1.54, 1.807) is 0 Å². The summed E-state index contributed by atoms with van der Waals surface area (Å²) in [5.41, 5.74) is 5.60. The van der Waals surface area contributed by atoms with Gasteiger partial charge in [-0.2, -0.15) is 0 Å². The molecule has 1 heterocycles. The standard InChI is InChI=1S/C12H16FNO3S/c1-8-2-4-10(17-8)7-18(15,16)12-5-3-9(14)6-11(12)13/h3,5-6,8,10H,2,4,7,14H2,1H3. The van der Waals surface area contributed by atoms with Gasteiger partial charge in [-0.25, -0.2) is 12.8 Å². The van der Waals surface area contributed by atoms with Crippen molar-refractivity contribution >= 4 is 15.5 Å². The van der Waals surface area contributed by atoms with Crippen LogP contribution in [0.5, 0.6) is 0 Å². The van der Waals surface area contributed by atoms with Gasteiger partial charge in [0.05, 0.1) is 18.0 Å². The minimum atomic E-state index is -3.67. The molecule has 0 aliphatic carbocycles. The molecule has 1 saturated heterocycles. The minimum absolute atomic E-state index is 0.0708. The highest BCUT2D eigenvalue weighted by molar-refractivity contribution is 7.91. The first-order valence-corrected chi connectivity index (χ1v) is 7.47. The molecule has 4 nitrogen and oxygen atoms in total. The molecule has 1 aromatic rings. The van der Waals surface area contributed by atoms with E-state index in [1.165, 1.54) is 12.1 Å². The Hall–Kier alpha value is -1.14. The van der Waals surface area contributed by atoms with Crippen molar-refractivity contribution in [2.24, 2.45) is 0 Å². The Bertz CT molecular complexity index is 544. The van der Waals surface area contributed by atoms with E-state index in [1.807, 2.05) is 6.92 Å². The van der Waals surface area contributed by atoms with Crippen molar-refractivity contribution in [3.05, 3.63) is 24.0 Å². The molecule has 0 radical (unpaired) electrons. The molecule has 1 aliphatic rings. The molecule has 2 rings (SSSR count). The van der Waals surface area contributed by atoms with Gasteiger partial charge in [-0.05, 0) is 38.0 Å². The van der Waals surface area contributed by atoms with Crippen molar-refractivity contribution in [1.82, 2.24) is 0 Å². The Kier molecular flexibility index (Phi) is 3.59. The topological polar surface area (TPSA) is 69.4 Å². The van der Waals surface area contributed by atoms with Crippen LogP contribution in [0.25, 0.3) is 0 Å². The first-order valence-electron chi connectivity index (χ1n) is 5.82. The fourth-order valence-corrected chi connectivity index (χ4v) is 3.66. The first-order chi connectivity index (χ1) is 8.38. The summed E-state index contributed by atoms with van der Waals surface area (Å²) in [5, 5.41) is 0. The van der Waals surface area contributed by atoms with Gasteiger partial charge < -0.3 is 10.5 Å². The molecule has 2 atom stereocenters. The molecule has 0 saturated carbocycles. The lowest BCUT2D eigenvalue weighted by molar-refractivity contribution is 0.0690. The number of hydrogen-bond acceptors (Lipinski definition) is 4. The number of sulfone groups is 1. The van der Waals surface area contributed by atoms with Gasteiger partial charge in [0.15, 0.2) is 9.84 Å². The van der Waals surface area contributed by atoms with Crippen LogP contribution in [0.2, 0.25) is 0 Å². The second kappa shape index (κ2) is 4.85. The number of benzene rings is 1. The summed E-state index contributed by atoms with van der Waals surface area (Å²) in [4.78, 5) is -0.306. The summed E-state index contributed by atoms with van der Waals surface area (Å²) in [6, 6.07) is 3.61. The van der Waals surface area contributed by atoms with Gasteiger partial charge in [-0.3, -0.25) is 0 Å². The molecule has 2 unspecified atom stereocenters. The number of halogens is 1. The number of nitrogen functional groups attached to an aromatic ring is 1. The Morgan fingerprint density at radius 3 is 2.72 bits per heavy atom. The van der Waals surface area contributed by atoms with Crippen LogP contribution in [0.15, 0.2) is 23.1 Å². The van der Waals surface area contributed by atoms with E-state index >= 15 is 0 Å². The van der Waals surface area contributed by atoms with Gasteiger partial charge in [0.2, 0.25) is 0 Å². The third-order valence-corrected chi connectivity index (χ3v) is 4.83. The molecule has 1 fully saturated rings. The van der Waals surface area contributed by atoms with E-state index in [-0.39, 0.29) is 28.5 Å². The molecule has 100 valence electrons. The molecule has 1 aromatic carbocycles. The van der Waals surface area contributed by atoms with Crippen molar-refractivity contribution in [3.63, 3.8) is 0 Å². The van der Waals surface area contributed by atoms with Crippen LogP contribution >= 0.6 is 0 Å². The fourth-order valence-electron chi connectivity index (χ4n) is 2.11. The van der Waals surface area contributed by atoms with Crippen LogP contribution in [0.3, 0.4) is 0 Å². The highest BCUT2D eigenvalue weighted by Gasteiger charge is 2.29. The van der Waals surface area contributed by atoms with Crippen molar-refractivity contribution in [3.8, 4) is 0 Å². The van der Waals surface area contributed by atoms with Gasteiger partial charge in [0.25, 0.3) is 0 Å². The van der Waals surface area contributed by atoms with E-state index < -0.39 is 15.7 Å². The zero-order valence-electron chi connectivity index (χ0n) is 10.1. The molecule has 2 N–H and O–H groups in total. The average Bonchev–Trinajstić information content (AvgIpc) is 2.62. The maximum Gasteiger partial charge on any atom is 0.183 e. The lowest BCUT2D eigenvalue weighted by atomic mass is 10.2. The summed E-state index contributed by atoms with van der Waals surface area (Å²) < 4.78 is 43.2. The van der Waals surface area contributed by atoms with Crippen LogP contribution in [0.4, 0.5) is 10.1 Å². The molecule has 6 heteroatoms. The van der Waals surface area contributed by atoms with Gasteiger partial charge in [0, 0.05) is 5.69 Å². The zero-order chi connectivity index (χ0) is 13.3. The van der Waals surface area contributed by atoms with E-state index in [0.717, 1.165) is 12.5 Å². The third-order valence-electron chi connectivity index (χ3n) is 3.02. The predicted octanol–water partition coefficient (Wildman–Crippen LogP) is 1.75. The average molecular weight is 273 g/mol. The van der Waals surface area contributed by atoms with Crippen LogP contribution in [0, 0.1) is 5.82 Å². The third kappa shape index (κ3) is 2.81. The Morgan fingerprint density at radius 1 is 1.44 bits per heavy atom. The summed E-state index contributed by atoms with van der Waals surface area (Å²) >= 11 is 0. The van der Waals surface area contributed by atoms with E-state index in [9.17, 15) is 12.8 Å². The second-order valence-corrected chi connectivity index (χ2v) is 6.62. The molecular formula is C12H16FNO3S. The Labute approximate surface area is 106 Å². The highest BCUT2D eigenvalue weighted by Crippen LogP contribution is 2.25. The van der Waals surface area contributed by atoms with Crippen LogP contribution in [-0.2, 0) is 14.6 Å². The normalized spacial score (nSPS) is 24.3. The van der Waals surface area contributed by atoms with Gasteiger partial charge in [-0.15, -0.1) is 0 Å². The van der Waals surface area contributed by atoms with Crippen LogP contribution < -0.4 is 5.73 Å². The van der Waals surface area contributed by atoms with Gasteiger partial charge in [-0.1, -0.05) is 0 Å². The molecule has 0 aromatic heterocycles. The largest absolute Gasteiger partial charge is 0.399 e. The lowest BCUT2D eigenvalue weighted by Gasteiger charge is -2.12. The van der Waals surface area contributed by atoms with Crippen molar-refractivity contribution in [2.45, 2.75) is 36.9 Å². The SMILES string of the molecule is CC1CCC(CS(=O)(=O)c2ccc(N)cc2F)O1. The molecular weight excluding hydrogens is 257 g/mol. The number of ether oxygens (including phenoxy) is 1. The van der Waals surface area contributed by atoms with Crippen LogP contribution in [-0.4, -0.2) is 26.4 Å². The monoisotopic (exact) mass is 273 g/mol. The van der Waals surface area contributed by atoms with Gasteiger partial charge >= 0.3 is 0 Å². The maximum absolute atomic E-state index is 13.6. The van der Waals surface area contributed by atoms with E-state index in [2.05, 4.69) is 0 Å². The van der Waals surface area contributed by atoms with Crippen molar-refractivity contribution in [1.29, 1.82) is 0 Å². The summed E-state index contributed by atoms with van der Waals surface area (Å²) in [5.74, 6) is -0.987. The zero-order valence-corrected chi connectivity index (χ0v) is 10.9. The number of hydrogen-bond donors (Lipinski definition) is 1. The minimum Gasteiger partial charge on any atom is -0.399 e. The second-order valence-electron chi connectivity index (χ2n) is 4.62. The highest BCUT2D eigenvalue weighted by atomic mass is 32.2. The summed E-state index contributed by atoms with van der Waals surface area (Å²) in [7, 11) is -3.67. The number of rotatable bonds is 3. The molecule has 0 spiro atoms. The Balaban J connectivity index is 2.20.